The van der Waals surface area contributed by atoms with E-state index in [9.17, 15) is 9.90 Å². The van der Waals surface area contributed by atoms with Crippen molar-refractivity contribution in [3.8, 4) is 5.82 Å². The number of aliphatic hydroxyl groups is 1. The summed E-state index contributed by atoms with van der Waals surface area (Å²) in [4.78, 5) is 18.5. The molecule has 0 aromatic carbocycles. The van der Waals surface area contributed by atoms with Crippen LogP contribution in [0.25, 0.3) is 5.82 Å². The molecule has 1 aliphatic heterocycles. The highest BCUT2D eigenvalue weighted by atomic mass is 16.3. The molecule has 3 heterocycles. The lowest BCUT2D eigenvalue weighted by molar-refractivity contribution is 0.00979. The van der Waals surface area contributed by atoms with Gasteiger partial charge in [-0.15, -0.1) is 0 Å². The lowest BCUT2D eigenvalue weighted by atomic mass is 9.97. The van der Waals surface area contributed by atoms with E-state index in [0.29, 0.717) is 18.9 Å². The molecule has 1 atom stereocenters. The van der Waals surface area contributed by atoms with E-state index in [2.05, 4.69) is 15.4 Å². The molecule has 2 amide bonds. The standard InChI is InChI=1S/C17H23N5O2/c1-17(2,24)14-5-3-9-21(14)16(23)19-12-13-6-8-18-15(11-13)22-10-4-7-20-22/h4,6-8,10-11,14,24H,3,5,9,12H2,1-2H3,(H,19,23). The van der Waals surface area contributed by atoms with Crippen LogP contribution in [0.1, 0.15) is 32.3 Å². The number of nitrogens with one attached hydrogen (secondary N) is 1. The SMILES string of the molecule is CC(C)(O)C1CCCN1C(=O)NCc1ccnc(-n2cccn2)c1. The average molecular weight is 329 g/mol. The largest absolute Gasteiger partial charge is 0.388 e. The highest BCUT2D eigenvalue weighted by Crippen LogP contribution is 2.26. The molecule has 2 aromatic rings. The van der Waals surface area contributed by atoms with Gasteiger partial charge in [0.05, 0.1) is 11.6 Å². The third-order valence-corrected chi connectivity index (χ3v) is 4.32. The van der Waals surface area contributed by atoms with Crippen molar-refractivity contribution in [1.82, 2.24) is 25.0 Å². The molecule has 128 valence electrons. The maximum atomic E-state index is 12.5. The van der Waals surface area contributed by atoms with Crippen LogP contribution >= 0.6 is 0 Å². The van der Waals surface area contributed by atoms with E-state index < -0.39 is 5.60 Å². The van der Waals surface area contributed by atoms with Crippen LogP contribution in [-0.2, 0) is 6.54 Å². The van der Waals surface area contributed by atoms with Gasteiger partial charge in [0.15, 0.2) is 5.82 Å². The van der Waals surface area contributed by atoms with Crippen LogP contribution in [0.3, 0.4) is 0 Å². The predicted octanol–water partition coefficient (Wildman–Crippen LogP) is 1.71. The number of amides is 2. The molecule has 3 rings (SSSR count). The predicted molar refractivity (Wildman–Crippen MR) is 89.6 cm³/mol. The Labute approximate surface area is 141 Å². The van der Waals surface area contributed by atoms with Gasteiger partial charge in [0.1, 0.15) is 0 Å². The zero-order valence-corrected chi connectivity index (χ0v) is 14.0. The fourth-order valence-corrected chi connectivity index (χ4v) is 3.12. The Bertz CT molecular complexity index is 693. The van der Waals surface area contributed by atoms with E-state index in [1.54, 1.807) is 35.8 Å². The van der Waals surface area contributed by atoms with Crippen molar-refractivity contribution in [1.29, 1.82) is 0 Å². The van der Waals surface area contributed by atoms with E-state index in [1.165, 1.54) is 0 Å². The van der Waals surface area contributed by atoms with Gasteiger partial charge in [-0.2, -0.15) is 5.10 Å². The monoisotopic (exact) mass is 329 g/mol. The maximum Gasteiger partial charge on any atom is 0.318 e. The average Bonchev–Trinajstić information content (AvgIpc) is 3.23. The van der Waals surface area contributed by atoms with Gasteiger partial charge in [-0.1, -0.05) is 0 Å². The molecule has 0 radical (unpaired) electrons. The van der Waals surface area contributed by atoms with Gasteiger partial charge in [0.25, 0.3) is 0 Å². The molecule has 7 nitrogen and oxygen atoms in total. The summed E-state index contributed by atoms with van der Waals surface area (Å²) in [5, 5.41) is 17.3. The normalized spacial score (nSPS) is 18.0. The summed E-state index contributed by atoms with van der Waals surface area (Å²) in [6.07, 6.45) is 6.97. The van der Waals surface area contributed by atoms with Gasteiger partial charge >= 0.3 is 6.03 Å². The number of likely N-dealkylation sites (tertiary alicyclic amines) is 1. The van der Waals surface area contributed by atoms with Gasteiger partial charge in [0.2, 0.25) is 0 Å². The molecule has 24 heavy (non-hydrogen) atoms. The molecule has 2 aromatic heterocycles. The highest BCUT2D eigenvalue weighted by molar-refractivity contribution is 5.75. The van der Waals surface area contributed by atoms with Crippen LogP contribution in [0.4, 0.5) is 4.79 Å². The molecule has 1 aliphatic rings. The smallest absolute Gasteiger partial charge is 0.318 e. The topological polar surface area (TPSA) is 83.3 Å². The summed E-state index contributed by atoms with van der Waals surface area (Å²) >= 11 is 0. The van der Waals surface area contributed by atoms with Gasteiger partial charge in [-0.3, -0.25) is 0 Å². The minimum atomic E-state index is -0.891. The van der Waals surface area contributed by atoms with Crippen molar-refractivity contribution in [2.24, 2.45) is 0 Å². The second-order valence-electron chi connectivity index (χ2n) is 6.64. The molecule has 1 saturated heterocycles. The second kappa shape index (κ2) is 6.60. The lowest BCUT2D eigenvalue weighted by Crippen LogP contribution is -2.51. The first-order valence-corrected chi connectivity index (χ1v) is 8.17. The molecule has 0 bridgehead atoms. The van der Waals surface area contributed by atoms with Crippen molar-refractivity contribution < 1.29 is 9.90 Å². The Morgan fingerprint density at radius 1 is 1.46 bits per heavy atom. The van der Waals surface area contributed by atoms with E-state index in [-0.39, 0.29) is 12.1 Å². The Morgan fingerprint density at radius 3 is 3.00 bits per heavy atom. The number of carbonyl (C=O) groups is 1. The van der Waals surface area contributed by atoms with E-state index in [4.69, 9.17) is 0 Å². The fraction of sp³-hybridized carbons (Fsp3) is 0.471. The molecular weight excluding hydrogens is 306 g/mol. The Balaban J connectivity index is 1.63. The first-order chi connectivity index (χ1) is 11.4. The molecular formula is C17H23N5O2. The molecule has 1 unspecified atom stereocenters. The van der Waals surface area contributed by atoms with Crippen molar-refractivity contribution in [2.45, 2.75) is 44.9 Å². The third kappa shape index (κ3) is 3.56. The van der Waals surface area contributed by atoms with Gasteiger partial charge in [0, 0.05) is 31.7 Å². The molecule has 7 heteroatoms. The number of pyridine rings is 1. The number of rotatable bonds is 4. The number of nitrogens with zero attached hydrogens (tertiary/aromatic N) is 4. The number of hydrogen-bond donors (Lipinski definition) is 2. The van der Waals surface area contributed by atoms with Gasteiger partial charge in [-0.25, -0.2) is 14.5 Å². The van der Waals surface area contributed by atoms with Crippen LogP contribution in [0.5, 0.6) is 0 Å². The molecule has 1 fully saturated rings. The molecule has 0 aliphatic carbocycles. The summed E-state index contributed by atoms with van der Waals surface area (Å²) in [5.41, 5.74) is 0.0560. The highest BCUT2D eigenvalue weighted by Gasteiger charge is 2.38. The summed E-state index contributed by atoms with van der Waals surface area (Å²) in [6, 6.07) is 5.31. The van der Waals surface area contributed by atoms with Crippen molar-refractivity contribution >= 4 is 6.03 Å². The van der Waals surface area contributed by atoms with Gasteiger partial charge < -0.3 is 15.3 Å². The summed E-state index contributed by atoms with van der Waals surface area (Å²) in [6.45, 7) is 4.59. The fourth-order valence-electron chi connectivity index (χ4n) is 3.12. The maximum absolute atomic E-state index is 12.5. The van der Waals surface area contributed by atoms with Crippen molar-refractivity contribution in [3.05, 3.63) is 42.4 Å². The number of carbonyl (C=O) groups excluding carboxylic acids is 1. The van der Waals surface area contributed by atoms with Crippen molar-refractivity contribution in [3.63, 3.8) is 0 Å². The first kappa shape index (κ1) is 16.4. The first-order valence-electron chi connectivity index (χ1n) is 8.17. The second-order valence-corrected chi connectivity index (χ2v) is 6.64. The zero-order chi connectivity index (χ0) is 17.2. The Kier molecular flexibility index (Phi) is 4.53. The number of hydrogen-bond acceptors (Lipinski definition) is 4. The lowest BCUT2D eigenvalue weighted by Gasteiger charge is -2.33. The Morgan fingerprint density at radius 2 is 2.29 bits per heavy atom. The number of aromatic nitrogens is 3. The molecule has 0 saturated carbocycles. The third-order valence-electron chi connectivity index (χ3n) is 4.32. The van der Waals surface area contributed by atoms with Crippen LogP contribution in [0.2, 0.25) is 0 Å². The van der Waals surface area contributed by atoms with Crippen LogP contribution in [0.15, 0.2) is 36.8 Å². The Hall–Kier alpha value is -2.41. The van der Waals surface area contributed by atoms with Gasteiger partial charge in [-0.05, 0) is 50.5 Å². The minimum absolute atomic E-state index is 0.142. The van der Waals surface area contributed by atoms with E-state index >= 15 is 0 Å². The summed E-state index contributed by atoms with van der Waals surface area (Å²) < 4.78 is 1.68. The molecule has 0 spiro atoms. The van der Waals surface area contributed by atoms with Crippen molar-refractivity contribution in [2.75, 3.05) is 6.54 Å². The van der Waals surface area contributed by atoms with Crippen LogP contribution in [-0.4, -0.2) is 49.0 Å². The number of urea groups is 1. The quantitative estimate of drug-likeness (QED) is 0.894. The minimum Gasteiger partial charge on any atom is -0.388 e. The van der Waals surface area contributed by atoms with E-state index in [0.717, 1.165) is 18.4 Å². The van der Waals surface area contributed by atoms with Crippen LogP contribution in [0, 0.1) is 0 Å². The zero-order valence-electron chi connectivity index (χ0n) is 14.0. The molecule has 2 N–H and O–H groups in total. The van der Waals surface area contributed by atoms with Crippen LogP contribution < -0.4 is 5.32 Å². The van der Waals surface area contributed by atoms with E-state index in [1.807, 2.05) is 24.4 Å². The summed E-state index contributed by atoms with van der Waals surface area (Å²) in [7, 11) is 0. The summed E-state index contributed by atoms with van der Waals surface area (Å²) in [5.74, 6) is 0.710.